The molecule has 0 spiro atoms. The molecule has 2 rings (SSSR count). The number of aliphatic carboxylic acids is 1. The second-order valence-corrected chi connectivity index (χ2v) is 5.64. The van der Waals surface area contributed by atoms with Crippen molar-refractivity contribution in [1.82, 2.24) is 16.0 Å². The average molecular weight is 283 g/mol. The molecule has 1 atom stereocenters. The summed E-state index contributed by atoms with van der Waals surface area (Å²) in [6, 6.07) is -0.486. The van der Waals surface area contributed by atoms with E-state index in [2.05, 4.69) is 16.0 Å². The minimum Gasteiger partial charge on any atom is -0.481 e. The first kappa shape index (κ1) is 14.8. The highest BCUT2D eigenvalue weighted by atomic mass is 16.4. The van der Waals surface area contributed by atoms with Gasteiger partial charge in [-0.2, -0.15) is 0 Å². The van der Waals surface area contributed by atoms with Crippen molar-refractivity contribution in [1.29, 1.82) is 0 Å². The number of hydrogen-bond donors (Lipinski definition) is 4. The molecule has 1 saturated carbocycles. The van der Waals surface area contributed by atoms with Crippen molar-refractivity contribution in [2.24, 2.45) is 0 Å². The summed E-state index contributed by atoms with van der Waals surface area (Å²) in [7, 11) is 0. The number of hydrogen-bond acceptors (Lipinski definition) is 4. The molecule has 2 amide bonds. The first-order valence-corrected chi connectivity index (χ1v) is 7.05. The molecule has 0 aromatic heterocycles. The zero-order valence-corrected chi connectivity index (χ0v) is 11.4. The second-order valence-electron chi connectivity index (χ2n) is 5.64. The van der Waals surface area contributed by atoms with Gasteiger partial charge in [-0.05, 0) is 12.8 Å². The van der Waals surface area contributed by atoms with Crippen LogP contribution in [0, 0.1) is 0 Å². The fourth-order valence-electron chi connectivity index (χ4n) is 2.96. The standard InChI is InChI=1S/C13H21N3O4/c17-10-8-14-9(7-15-10)12(20)16-13(6-11(18)19)4-2-1-3-5-13/h9,14H,1-8H2,(H,15,17)(H,16,20)(H,18,19). The SMILES string of the molecule is O=C(O)CC1(NC(=O)C2CNC(=O)CN2)CCCCC1. The zero-order valence-electron chi connectivity index (χ0n) is 11.4. The smallest absolute Gasteiger partial charge is 0.305 e. The third kappa shape index (κ3) is 3.69. The van der Waals surface area contributed by atoms with E-state index in [1.165, 1.54) is 0 Å². The predicted octanol–water partition coefficient (Wildman–Crippen LogP) is -0.632. The Morgan fingerprint density at radius 3 is 2.55 bits per heavy atom. The maximum atomic E-state index is 12.2. The van der Waals surface area contributed by atoms with Crippen LogP contribution in [0.2, 0.25) is 0 Å². The van der Waals surface area contributed by atoms with Crippen molar-refractivity contribution in [3.63, 3.8) is 0 Å². The minimum absolute atomic E-state index is 0.0438. The Hall–Kier alpha value is -1.63. The molecule has 20 heavy (non-hydrogen) atoms. The van der Waals surface area contributed by atoms with Crippen molar-refractivity contribution < 1.29 is 19.5 Å². The van der Waals surface area contributed by atoms with Crippen LogP contribution in [0.4, 0.5) is 0 Å². The van der Waals surface area contributed by atoms with Gasteiger partial charge >= 0.3 is 5.97 Å². The molecule has 2 aliphatic rings. The normalized spacial score (nSPS) is 25.6. The van der Waals surface area contributed by atoms with Gasteiger partial charge in [-0.3, -0.25) is 19.7 Å². The molecule has 2 fully saturated rings. The number of carbonyl (C=O) groups excluding carboxylic acids is 2. The van der Waals surface area contributed by atoms with Crippen LogP contribution in [-0.4, -0.2) is 47.6 Å². The van der Waals surface area contributed by atoms with Crippen molar-refractivity contribution in [3.8, 4) is 0 Å². The van der Waals surface area contributed by atoms with Gasteiger partial charge in [-0.1, -0.05) is 19.3 Å². The predicted molar refractivity (Wildman–Crippen MR) is 71.0 cm³/mol. The molecule has 0 aromatic carbocycles. The molecule has 0 aromatic rings. The fourth-order valence-corrected chi connectivity index (χ4v) is 2.96. The lowest BCUT2D eigenvalue weighted by molar-refractivity contribution is -0.139. The van der Waals surface area contributed by atoms with E-state index in [9.17, 15) is 14.4 Å². The quantitative estimate of drug-likeness (QED) is 0.549. The highest BCUT2D eigenvalue weighted by Crippen LogP contribution is 2.31. The van der Waals surface area contributed by atoms with E-state index in [1.807, 2.05) is 0 Å². The number of carboxylic acids is 1. The Bertz CT molecular complexity index is 394. The van der Waals surface area contributed by atoms with Crippen molar-refractivity contribution in [2.75, 3.05) is 13.1 Å². The molecule has 0 radical (unpaired) electrons. The molecular weight excluding hydrogens is 262 g/mol. The summed E-state index contributed by atoms with van der Waals surface area (Å²) < 4.78 is 0. The first-order chi connectivity index (χ1) is 9.51. The Labute approximate surface area is 117 Å². The van der Waals surface area contributed by atoms with E-state index in [-0.39, 0.29) is 31.3 Å². The van der Waals surface area contributed by atoms with E-state index < -0.39 is 17.6 Å². The Morgan fingerprint density at radius 2 is 2.00 bits per heavy atom. The molecule has 7 heteroatoms. The van der Waals surface area contributed by atoms with Gasteiger partial charge < -0.3 is 15.7 Å². The Kier molecular flexibility index (Phi) is 4.59. The third-order valence-corrected chi connectivity index (χ3v) is 4.02. The molecule has 7 nitrogen and oxygen atoms in total. The van der Waals surface area contributed by atoms with E-state index >= 15 is 0 Å². The van der Waals surface area contributed by atoms with Gasteiger partial charge in [0.15, 0.2) is 0 Å². The second kappa shape index (κ2) is 6.21. The largest absolute Gasteiger partial charge is 0.481 e. The molecule has 4 N–H and O–H groups in total. The Morgan fingerprint density at radius 1 is 1.30 bits per heavy atom. The van der Waals surface area contributed by atoms with Gasteiger partial charge in [-0.25, -0.2) is 0 Å². The van der Waals surface area contributed by atoms with Crippen LogP contribution in [0.15, 0.2) is 0 Å². The lowest BCUT2D eigenvalue weighted by Crippen LogP contribution is -2.62. The summed E-state index contributed by atoms with van der Waals surface area (Å²) in [5, 5.41) is 17.5. The molecule has 1 heterocycles. The monoisotopic (exact) mass is 283 g/mol. The summed E-state index contributed by atoms with van der Waals surface area (Å²) >= 11 is 0. The topological polar surface area (TPSA) is 108 Å². The molecule has 1 aliphatic carbocycles. The maximum Gasteiger partial charge on any atom is 0.305 e. The van der Waals surface area contributed by atoms with Crippen molar-refractivity contribution in [3.05, 3.63) is 0 Å². The molecular formula is C13H21N3O4. The van der Waals surface area contributed by atoms with E-state index in [0.717, 1.165) is 19.3 Å². The van der Waals surface area contributed by atoms with E-state index in [4.69, 9.17) is 5.11 Å². The summed E-state index contributed by atoms with van der Waals surface area (Å²) in [6.45, 7) is 0.359. The average Bonchev–Trinajstić information content (AvgIpc) is 2.39. The van der Waals surface area contributed by atoms with Crippen LogP contribution in [0.5, 0.6) is 0 Å². The zero-order chi connectivity index (χ0) is 14.6. The summed E-state index contributed by atoms with van der Waals surface area (Å²) in [4.78, 5) is 34.3. The molecule has 0 bridgehead atoms. The lowest BCUT2D eigenvalue weighted by atomic mass is 9.79. The lowest BCUT2D eigenvalue weighted by Gasteiger charge is -2.38. The van der Waals surface area contributed by atoms with Gasteiger partial charge in [-0.15, -0.1) is 0 Å². The van der Waals surface area contributed by atoms with Crippen LogP contribution in [0.1, 0.15) is 38.5 Å². The summed E-state index contributed by atoms with van der Waals surface area (Å²) in [5.41, 5.74) is -0.635. The molecule has 112 valence electrons. The Balaban J connectivity index is 1.98. The number of carbonyl (C=O) groups is 3. The van der Waals surface area contributed by atoms with Crippen LogP contribution in [-0.2, 0) is 14.4 Å². The first-order valence-electron chi connectivity index (χ1n) is 7.05. The van der Waals surface area contributed by atoms with Gasteiger partial charge in [0.05, 0.1) is 18.5 Å². The number of rotatable bonds is 4. The number of carboxylic acid groups (broad SMARTS) is 1. The number of amides is 2. The van der Waals surface area contributed by atoms with Crippen LogP contribution in [0.3, 0.4) is 0 Å². The number of piperazine rings is 1. The fraction of sp³-hybridized carbons (Fsp3) is 0.769. The van der Waals surface area contributed by atoms with E-state index in [1.54, 1.807) is 0 Å². The van der Waals surface area contributed by atoms with Gasteiger partial charge in [0.1, 0.15) is 6.04 Å². The van der Waals surface area contributed by atoms with Gasteiger partial charge in [0, 0.05) is 6.54 Å². The van der Waals surface area contributed by atoms with Crippen LogP contribution >= 0.6 is 0 Å². The van der Waals surface area contributed by atoms with Gasteiger partial charge in [0.25, 0.3) is 0 Å². The van der Waals surface area contributed by atoms with Crippen LogP contribution < -0.4 is 16.0 Å². The molecule has 1 saturated heterocycles. The van der Waals surface area contributed by atoms with E-state index in [0.29, 0.717) is 12.8 Å². The van der Waals surface area contributed by atoms with Crippen LogP contribution in [0.25, 0.3) is 0 Å². The third-order valence-electron chi connectivity index (χ3n) is 4.02. The summed E-state index contributed by atoms with van der Waals surface area (Å²) in [5.74, 6) is -1.25. The minimum atomic E-state index is -0.892. The van der Waals surface area contributed by atoms with Gasteiger partial charge in [0.2, 0.25) is 11.8 Å². The maximum absolute atomic E-state index is 12.2. The summed E-state index contributed by atoms with van der Waals surface area (Å²) in [6.07, 6.45) is 4.30. The van der Waals surface area contributed by atoms with Crippen molar-refractivity contribution in [2.45, 2.75) is 50.1 Å². The number of nitrogens with one attached hydrogen (secondary N) is 3. The highest BCUT2D eigenvalue weighted by molar-refractivity contribution is 5.87. The molecule has 1 aliphatic heterocycles. The molecule has 1 unspecified atom stereocenters. The van der Waals surface area contributed by atoms with Crippen molar-refractivity contribution >= 4 is 17.8 Å². The highest BCUT2D eigenvalue weighted by Gasteiger charge is 2.37.